The number of hydrogen-bond donors (Lipinski definition) is 1. The molecule has 0 saturated heterocycles. The van der Waals surface area contributed by atoms with Gasteiger partial charge in [0.15, 0.2) is 0 Å². The van der Waals surface area contributed by atoms with Crippen molar-refractivity contribution in [1.29, 1.82) is 0 Å². The maximum absolute atomic E-state index is 6.30. The molecule has 0 aliphatic carbocycles. The zero-order valence-corrected chi connectivity index (χ0v) is 12.1. The highest BCUT2D eigenvalue weighted by atomic mass is 35.5. The average molecular weight is 275 g/mol. The molecule has 0 aliphatic rings. The lowest BCUT2D eigenvalue weighted by atomic mass is 9.95. The van der Waals surface area contributed by atoms with Gasteiger partial charge in [-0.15, -0.1) is 0 Å². The van der Waals surface area contributed by atoms with E-state index in [0.717, 1.165) is 18.5 Å². The van der Waals surface area contributed by atoms with Crippen LogP contribution < -0.4 is 5.32 Å². The summed E-state index contributed by atoms with van der Waals surface area (Å²) in [7, 11) is 0. The minimum atomic E-state index is 0.122. The van der Waals surface area contributed by atoms with E-state index in [4.69, 9.17) is 11.6 Å². The first-order valence-corrected chi connectivity index (χ1v) is 7.00. The van der Waals surface area contributed by atoms with Gasteiger partial charge in [-0.2, -0.15) is 0 Å². The monoisotopic (exact) mass is 274 g/mol. The van der Waals surface area contributed by atoms with Crippen LogP contribution in [0.25, 0.3) is 0 Å². The van der Waals surface area contributed by atoms with Crippen LogP contribution in [-0.4, -0.2) is 11.5 Å². The van der Waals surface area contributed by atoms with E-state index >= 15 is 0 Å². The van der Waals surface area contributed by atoms with Gasteiger partial charge in [0.05, 0.1) is 11.1 Å². The van der Waals surface area contributed by atoms with E-state index in [-0.39, 0.29) is 6.04 Å². The molecule has 0 bridgehead atoms. The van der Waals surface area contributed by atoms with Crippen molar-refractivity contribution in [2.24, 2.45) is 0 Å². The molecule has 2 nitrogen and oxygen atoms in total. The molecule has 1 heterocycles. The first kappa shape index (κ1) is 14.0. The van der Waals surface area contributed by atoms with Crippen molar-refractivity contribution in [2.75, 3.05) is 6.54 Å². The third kappa shape index (κ3) is 3.34. The number of nitrogens with zero attached hydrogens (tertiary/aromatic N) is 1. The lowest BCUT2D eigenvalue weighted by molar-refractivity contribution is 0.596. The summed E-state index contributed by atoms with van der Waals surface area (Å²) in [6.07, 6.45) is 4.58. The number of nitrogens with one attached hydrogen (secondary N) is 1. The molecule has 0 saturated carbocycles. The normalized spacial score (nSPS) is 12.4. The summed E-state index contributed by atoms with van der Waals surface area (Å²) in [5.74, 6) is 0. The van der Waals surface area contributed by atoms with Crippen molar-refractivity contribution in [3.8, 4) is 0 Å². The van der Waals surface area contributed by atoms with Crippen LogP contribution in [0.2, 0.25) is 5.02 Å². The highest BCUT2D eigenvalue weighted by molar-refractivity contribution is 6.31. The summed E-state index contributed by atoms with van der Waals surface area (Å²) >= 11 is 6.30. The van der Waals surface area contributed by atoms with E-state index in [1.807, 2.05) is 6.07 Å². The van der Waals surface area contributed by atoms with E-state index in [1.165, 1.54) is 11.1 Å². The van der Waals surface area contributed by atoms with Gasteiger partial charge >= 0.3 is 0 Å². The van der Waals surface area contributed by atoms with Crippen LogP contribution >= 0.6 is 11.6 Å². The summed E-state index contributed by atoms with van der Waals surface area (Å²) in [5, 5.41) is 4.28. The molecular weight excluding hydrogens is 256 g/mol. The molecule has 0 radical (unpaired) electrons. The lowest BCUT2D eigenvalue weighted by Crippen LogP contribution is -2.24. The Morgan fingerprint density at radius 1 is 1.21 bits per heavy atom. The van der Waals surface area contributed by atoms with Crippen molar-refractivity contribution >= 4 is 11.6 Å². The predicted octanol–water partition coefficient (Wildman–Crippen LogP) is 4.13. The quantitative estimate of drug-likeness (QED) is 0.887. The molecule has 1 unspecified atom stereocenters. The molecule has 3 heteroatoms. The maximum atomic E-state index is 6.30. The van der Waals surface area contributed by atoms with Gasteiger partial charge in [0.1, 0.15) is 0 Å². The smallest absolute Gasteiger partial charge is 0.0640 e. The van der Waals surface area contributed by atoms with Crippen LogP contribution in [0, 0.1) is 6.92 Å². The molecule has 1 N–H and O–H groups in total. The van der Waals surface area contributed by atoms with Crippen LogP contribution in [0.15, 0.2) is 42.7 Å². The molecule has 2 rings (SSSR count). The molecule has 100 valence electrons. The second-order valence-electron chi connectivity index (χ2n) is 4.64. The van der Waals surface area contributed by atoms with Crippen molar-refractivity contribution in [3.63, 3.8) is 0 Å². The Bertz CT molecular complexity index is 494. The summed E-state index contributed by atoms with van der Waals surface area (Å²) in [5.41, 5.74) is 3.62. The van der Waals surface area contributed by atoms with Gasteiger partial charge in [-0.3, -0.25) is 4.98 Å². The second kappa shape index (κ2) is 6.69. The molecule has 1 atom stereocenters. The minimum absolute atomic E-state index is 0.122. The Hall–Kier alpha value is -1.38. The first-order chi connectivity index (χ1) is 9.24. The summed E-state index contributed by atoms with van der Waals surface area (Å²) in [6, 6.07) is 10.5. The van der Waals surface area contributed by atoms with Crippen molar-refractivity contribution < 1.29 is 0 Å². The first-order valence-electron chi connectivity index (χ1n) is 6.62. The van der Waals surface area contributed by atoms with Crippen LogP contribution in [0.5, 0.6) is 0 Å². The van der Waals surface area contributed by atoms with Crippen LogP contribution in [-0.2, 0) is 0 Å². The third-order valence-corrected chi connectivity index (χ3v) is 3.53. The van der Waals surface area contributed by atoms with E-state index in [0.29, 0.717) is 5.02 Å². The predicted molar refractivity (Wildman–Crippen MR) is 80.6 cm³/mol. The molecule has 2 aromatic rings. The van der Waals surface area contributed by atoms with Gasteiger partial charge in [0.2, 0.25) is 0 Å². The molecular formula is C16H19ClN2. The topological polar surface area (TPSA) is 24.9 Å². The summed E-state index contributed by atoms with van der Waals surface area (Å²) in [4.78, 5) is 4.06. The minimum Gasteiger partial charge on any atom is -0.306 e. The fourth-order valence-corrected chi connectivity index (χ4v) is 2.44. The van der Waals surface area contributed by atoms with E-state index in [2.05, 4.69) is 48.4 Å². The summed E-state index contributed by atoms with van der Waals surface area (Å²) in [6.45, 7) is 5.25. The number of aryl methyl sites for hydroxylation is 1. The van der Waals surface area contributed by atoms with Crippen LogP contribution in [0.4, 0.5) is 0 Å². The van der Waals surface area contributed by atoms with Crippen LogP contribution in [0.3, 0.4) is 0 Å². The standard InChI is InChI=1S/C16H19ClN2/c1-3-9-19-16(13-7-5-4-6-12(13)2)14-8-10-18-11-15(14)17/h4-8,10-11,16,19H,3,9H2,1-2H3. The number of pyridine rings is 1. The molecule has 0 spiro atoms. The van der Waals surface area contributed by atoms with E-state index in [9.17, 15) is 0 Å². The average Bonchev–Trinajstić information content (AvgIpc) is 2.42. The zero-order valence-electron chi connectivity index (χ0n) is 11.4. The fraction of sp³-hybridized carbons (Fsp3) is 0.312. The van der Waals surface area contributed by atoms with Gasteiger partial charge in [0.25, 0.3) is 0 Å². The Morgan fingerprint density at radius 2 is 2.00 bits per heavy atom. The molecule has 0 aliphatic heterocycles. The largest absolute Gasteiger partial charge is 0.306 e. The maximum Gasteiger partial charge on any atom is 0.0640 e. The van der Waals surface area contributed by atoms with Gasteiger partial charge in [-0.1, -0.05) is 42.8 Å². The van der Waals surface area contributed by atoms with Crippen LogP contribution in [0.1, 0.15) is 36.1 Å². The number of rotatable bonds is 5. The van der Waals surface area contributed by atoms with Crippen molar-refractivity contribution in [2.45, 2.75) is 26.3 Å². The van der Waals surface area contributed by atoms with E-state index in [1.54, 1.807) is 12.4 Å². The number of benzene rings is 1. The third-order valence-electron chi connectivity index (χ3n) is 3.21. The number of aromatic nitrogens is 1. The number of hydrogen-bond acceptors (Lipinski definition) is 2. The molecule has 0 fully saturated rings. The molecule has 0 amide bonds. The molecule has 1 aromatic heterocycles. The summed E-state index contributed by atoms with van der Waals surface area (Å²) < 4.78 is 0. The van der Waals surface area contributed by atoms with Gasteiger partial charge in [-0.05, 0) is 42.6 Å². The second-order valence-corrected chi connectivity index (χ2v) is 5.05. The van der Waals surface area contributed by atoms with Crippen molar-refractivity contribution in [3.05, 3.63) is 64.4 Å². The lowest BCUT2D eigenvalue weighted by Gasteiger charge is -2.22. The van der Waals surface area contributed by atoms with Gasteiger partial charge in [-0.25, -0.2) is 0 Å². The molecule has 19 heavy (non-hydrogen) atoms. The highest BCUT2D eigenvalue weighted by Crippen LogP contribution is 2.29. The zero-order chi connectivity index (χ0) is 13.7. The Balaban J connectivity index is 2.42. The van der Waals surface area contributed by atoms with Gasteiger partial charge in [0, 0.05) is 12.4 Å². The Morgan fingerprint density at radius 3 is 2.68 bits per heavy atom. The fourth-order valence-electron chi connectivity index (χ4n) is 2.21. The SMILES string of the molecule is CCCNC(c1ccccc1C)c1ccncc1Cl. The number of halogens is 1. The Labute approximate surface area is 119 Å². The van der Waals surface area contributed by atoms with Gasteiger partial charge < -0.3 is 5.32 Å². The Kier molecular flexibility index (Phi) is 4.94. The highest BCUT2D eigenvalue weighted by Gasteiger charge is 2.17. The van der Waals surface area contributed by atoms with E-state index < -0.39 is 0 Å². The molecule has 1 aromatic carbocycles. The van der Waals surface area contributed by atoms with Crippen molar-refractivity contribution in [1.82, 2.24) is 10.3 Å².